The van der Waals surface area contributed by atoms with Crippen molar-refractivity contribution >= 4 is 22.7 Å². The molecule has 0 aliphatic carbocycles. The van der Waals surface area contributed by atoms with Crippen molar-refractivity contribution in [2.45, 2.75) is 12.8 Å². The second-order valence-corrected chi connectivity index (χ2v) is 7.26. The fourth-order valence-corrected chi connectivity index (χ4v) is 3.95. The van der Waals surface area contributed by atoms with Gasteiger partial charge in [-0.05, 0) is 31.0 Å². The van der Waals surface area contributed by atoms with Gasteiger partial charge in [-0.15, -0.1) is 0 Å². The average molecular weight is 353 g/mol. The van der Waals surface area contributed by atoms with Crippen LogP contribution in [0.4, 0.5) is 5.82 Å². The maximum atomic E-state index is 5.62. The predicted octanol–water partition coefficient (Wildman–Crippen LogP) is 2.33. The molecule has 1 aromatic heterocycles. The molecule has 6 heteroatoms. The number of ether oxygens (including phenoxy) is 1. The normalized spacial score (nSPS) is 23.1. The zero-order valence-electron chi connectivity index (χ0n) is 15.4. The first kappa shape index (κ1) is 17.1. The number of pyridine rings is 1. The number of benzene rings is 1. The molecule has 4 rings (SSSR count). The first-order chi connectivity index (χ1) is 12.8. The molecular formula is C20H27N5O. The van der Waals surface area contributed by atoms with Crippen molar-refractivity contribution in [3.63, 3.8) is 0 Å². The zero-order valence-corrected chi connectivity index (χ0v) is 15.4. The maximum absolute atomic E-state index is 5.62. The molecule has 26 heavy (non-hydrogen) atoms. The van der Waals surface area contributed by atoms with Crippen LogP contribution >= 0.6 is 0 Å². The number of aromatic nitrogens is 1. The summed E-state index contributed by atoms with van der Waals surface area (Å²) >= 11 is 0. The Kier molecular flexibility index (Phi) is 4.93. The third kappa shape index (κ3) is 3.60. The molecule has 0 bridgehead atoms. The van der Waals surface area contributed by atoms with Gasteiger partial charge in [-0.2, -0.15) is 0 Å². The molecule has 0 saturated carbocycles. The Morgan fingerprint density at radius 1 is 1.23 bits per heavy atom. The van der Waals surface area contributed by atoms with Crippen molar-refractivity contribution in [1.82, 2.24) is 15.2 Å². The summed E-state index contributed by atoms with van der Waals surface area (Å²) < 4.78 is 5.62. The van der Waals surface area contributed by atoms with Crippen molar-refractivity contribution in [3.8, 4) is 0 Å². The van der Waals surface area contributed by atoms with Crippen LogP contribution in [-0.2, 0) is 4.74 Å². The topological polar surface area (TPSA) is 61.8 Å². The molecule has 3 heterocycles. The number of rotatable bonds is 4. The number of guanidine groups is 1. The lowest BCUT2D eigenvalue weighted by Crippen LogP contribution is -2.43. The van der Waals surface area contributed by atoms with Crippen LogP contribution in [0.5, 0.6) is 0 Å². The van der Waals surface area contributed by atoms with E-state index in [1.54, 1.807) is 0 Å². The largest absolute Gasteiger partial charge is 0.381 e. The molecule has 2 N–H and O–H groups in total. The number of hydrogen-bond acceptors (Lipinski definition) is 4. The van der Waals surface area contributed by atoms with Crippen LogP contribution in [0.15, 0.2) is 41.4 Å². The van der Waals surface area contributed by atoms with Gasteiger partial charge >= 0.3 is 0 Å². The van der Waals surface area contributed by atoms with Gasteiger partial charge in [0.1, 0.15) is 5.82 Å². The molecule has 0 amide bonds. The van der Waals surface area contributed by atoms with Gasteiger partial charge in [-0.3, -0.25) is 4.99 Å². The van der Waals surface area contributed by atoms with Crippen LogP contribution in [0.3, 0.4) is 0 Å². The van der Waals surface area contributed by atoms with Gasteiger partial charge < -0.3 is 20.3 Å². The summed E-state index contributed by atoms with van der Waals surface area (Å²) in [6.07, 6.45) is 2.38. The van der Waals surface area contributed by atoms with Crippen LogP contribution < -0.4 is 10.6 Å². The van der Waals surface area contributed by atoms with E-state index in [4.69, 9.17) is 4.74 Å². The summed E-state index contributed by atoms with van der Waals surface area (Å²) in [4.78, 5) is 11.5. The van der Waals surface area contributed by atoms with Gasteiger partial charge in [-0.25, -0.2) is 4.98 Å². The summed E-state index contributed by atoms with van der Waals surface area (Å²) in [5.74, 6) is 1.89. The highest BCUT2D eigenvalue weighted by Gasteiger charge is 2.42. The summed E-state index contributed by atoms with van der Waals surface area (Å²) in [5, 5.41) is 8.02. The lowest BCUT2D eigenvalue weighted by atomic mass is 9.87. The van der Waals surface area contributed by atoms with Gasteiger partial charge in [-0.1, -0.05) is 18.2 Å². The Morgan fingerprint density at radius 2 is 2.15 bits per heavy atom. The van der Waals surface area contributed by atoms with Crippen molar-refractivity contribution in [2.75, 3.05) is 51.8 Å². The SMILES string of the molecule is CN=C(NCCNc1ccc2ccccc2n1)N1CCC2(CCOC2)C1. The third-order valence-electron chi connectivity index (χ3n) is 5.45. The molecule has 2 saturated heterocycles. The Bertz CT molecular complexity index is 785. The third-order valence-corrected chi connectivity index (χ3v) is 5.45. The van der Waals surface area contributed by atoms with Crippen LogP contribution in [0.25, 0.3) is 10.9 Å². The van der Waals surface area contributed by atoms with Gasteiger partial charge in [0, 0.05) is 50.6 Å². The Labute approximate surface area is 154 Å². The second kappa shape index (κ2) is 7.50. The van der Waals surface area contributed by atoms with E-state index in [2.05, 4.69) is 37.6 Å². The quantitative estimate of drug-likeness (QED) is 0.502. The van der Waals surface area contributed by atoms with Crippen molar-refractivity contribution in [1.29, 1.82) is 0 Å². The van der Waals surface area contributed by atoms with E-state index in [-0.39, 0.29) is 0 Å². The van der Waals surface area contributed by atoms with Gasteiger partial charge in [0.05, 0.1) is 12.1 Å². The standard InChI is InChI=1S/C20H27N5O/c1-21-19(25-12-8-20(14-25)9-13-26-15-20)23-11-10-22-18-7-6-16-4-2-3-5-17(16)24-18/h2-7H,8-15H2,1H3,(H,21,23)(H,22,24). The molecule has 1 aromatic carbocycles. The van der Waals surface area contributed by atoms with Gasteiger partial charge in [0.2, 0.25) is 0 Å². The predicted molar refractivity (Wildman–Crippen MR) is 106 cm³/mol. The molecule has 6 nitrogen and oxygen atoms in total. The van der Waals surface area contributed by atoms with Crippen molar-refractivity contribution in [2.24, 2.45) is 10.4 Å². The van der Waals surface area contributed by atoms with Crippen LogP contribution in [0, 0.1) is 5.41 Å². The fraction of sp³-hybridized carbons (Fsp3) is 0.500. The van der Waals surface area contributed by atoms with E-state index in [9.17, 15) is 0 Å². The number of fused-ring (bicyclic) bond motifs is 1. The first-order valence-electron chi connectivity index (χ1n) is 9.41. The highest BCUT2D eigenvalue weighted by Crippen LogP contribution is 2.38. The second-order valence-electron chi connectivity index (χ2n) is 7.26. The molecule has 2 aliphatic heterocycles. The molecule has 138 valence electrons. The number of hydrogen-bond donors (Lipinski definition) is 2. The van der Waals surface area contributed by atoms with Crippen LogP contribution in [0.1, 0.15) is 12.8 Å². The molecule has 2 fully saturated rings. The molecular weight excluding hydrogens is 326 g/mol. The Hall–Kier alpha value is -2.34. The first-order valence-corrected chi connectivity index (χ1v) is 9.41. The van der Waals surface area contributed by atoms with E-state index < -0.39 is 0 Å². The number of likely N-dealkylation sites (tertiary alicyclic amines) is 1. The van der Waals surface area contributed by atoms with Crippen LogP contribution in [0.2, 0.25) is 0 Å². The Balaban J connectivity index is 1.26. The molecule has 1 unspecified atom stereocenters. The number of anilines is 1. The monoisotopic (exact) mass is 353 g/mol. The average Bonchev–Trinajstić information content (AvgIpc) is 3.32. The summed E-state index contributed by atoms with van der Waals surface area (Å²) in [7, 11) is 1.86. The highest BCUT2D eigenvalue weighted by atomic mass is 16.5. The van der Waals surface area contributed by atoms with Gasteiger partial charge in [0.25, 0.3) is 0 Å². The molecule has 1 spiro atoms. The smallest absolute Gasteiger partial charge is 0.193 e. The Morgan fingerprint density at radius 3 is 3.00 bits per heavy atom. The summed E-state index contributed by atoms with van der Waals surface area (Å²) in [5.41, 5.74) is 1.37. The minimum absolute atomic E-state index is 0.352. The molecule has 1 atom stereocenters. The van der Waals surface area contributed by atoms with Gasteiger partial charge in [0.15, 0.2) is 5.96 Å². The minimum atomic E-state index is 0.352. The van der Waals surface area contributed by atoms with Crippen LogP contribution in [-0.4, -0.2) is 62.3 Å². The fourth-order valence-electron chi connectivity index (χ4n) is 3.95. The lowest BCUT2D eigenvalue weighted by Gasteiger charge is -2.25. The van der Waals surface area contributed by atoms with E-state index in [1.165, 1.54) is 12.8 Å². The lowest BCUT2D eigenvalue weighted by molar-refractivity contribution is 0.156. The number of nitrogens with zero attached hydrogens (tertiary/aromatic N) is 3. The van der Waals surface area contributed by atoms with Crippen molar-refractivity contribution < 1.29 is 4.74 Å². The summed E-state index contributed by atoms with van der Waals surface area (Å²) in [6.45, 7) is 5.51. The zero-order chi connectivity index (χ0) is 17.8. The number of aliphatic imine (C=N–C) groups is 1. The molecule has 0 radical (unpaired) electrons. The molecule has 2 aliphatic rings. The maximum Gasteiger partial charge on any atom is 0.193 e. The minimum Gasteiger partial charge on any atom is -0.381 e. The van der Waals surface area contributed by atoms with Crippen molar-refractivity contribution in [3.05, 3.63) is 36.4 Å². The number of nitrogens with one attached hydrogen (secondary N) is 2. The van der Waals surface area contributed by atoms with E-state index in [1.807, 2.05) is 31.3 Å². The van der Waals surface area contributed by atoms with E-state index >= 15 is 0 Å². The van der Waals surface area contributed by atoms with E-state index in [0.29, 0.717) is 5.41 Å². The van der Waals surface area contributed by atoms with E-state index in [0.717, 1.165) is 62.1 Å². The molecule has 2 aromatic rings. The summed E-state index contributed by atoms with van der Waals surface area (Å²) in [6, 6.07) is 12.3. The number of para-hydroxylation sites is 1. The highest BCUT2D eigenvalue weighted by molar-refractivity contribution is 5.81.